The van der Waals surface area contributed by atoms with Crippen molar-refractivity contribution in [2.24, 2.45) is 0 Å². The zero-order valence-corrected chi connectivity index (χ0v) is 22.0. The van der Waals surface area contributed by atoms with E-state index in [9.17, 15) is 9.59 Å². The summed E-state index contributed by atoms with van der Waals surface area (Å²) < 4.78 is 1.04. The van der Waals surface area contributed by atoms with Crippen LogP contribution in [-0.2, 0) is 4.79 Å². The molecule has 5 rings (SSSR count). The van der Waals surface area contributed by atoms with Crippen LogP contribution < -0.4 is 10.6 Å². The van der Waals surface area contributed by atoms with Gasteiger partial charge in [0.15, 0.2) is 5.13 Å². The molecule has 0 aliphatic rings. The second-order valence-electron chi connectivity index (χ2n) is 8.74. The number of fused-ring (bicyclic) bond motifs is 1. The summed E-state index contributed by atoms with van der Waals surface area (Å²) in [6.07, 6.45) is 0. The maximum atomic E-state index is 13.4. The van der Waals surface area contributed by atoms with Crippen LogP contribution >= 0.6 is 23.1 Å². The summed E-state index contributed by atoms with van der Waals surface area (Å²) >= 11 is 2.93. The number of amides is 2. The number of thioether (sulfide) groups is 1. The molecule has 0 aliphatic heterocycles. The van der Waals surface area contributed by atoms with Gasteiger partial charge in [-0.1, -0.05) is 65.4 Å². The molecule has 1 aromatic heterocycles. The number of thiazole rings is 1. The van der Waals surface area contributed by atoms with Crippen molar-refractivity contribution >= 4 is 55.9 Å². The minimum atomic E-state index is -0.470. The van der Waals surface area contributed by atoms with E-state index in [0.29, 0.717) is 16.4 Å². The molecule has 0 saturated heterocycles. The van der Waals surface area contributed by atoms with Gasteiger partial charge in [-0.2, -0.15) is 0 Å². The first-order valence-corrected chi connectivity index (χ1v) is 13.5. The van der Waals surface area contributed by atoms with Crippen molar-refractivity contribution in [3.8, 4) is 0 Å². The molecule has 0 bridgehead atoms. The highest BCUT2D eigenvalue weighted by Gasteiger charge is 2.23. The van der Waals surface area contributed by atoms with Gasteiger partial charge in [0.25, 0.3) is 5.91 Å². The lowest BCUT2D eigenvalue weighted by Crippen LogP contribution is -2.18. The van der Waals surface area contributed by atoms with E-state index < -0.39 is 5.25 Å². The molecule has 1 heterocycles. The fourth-order valence-corrected chi connectivity index (χ4v) is 5.89. The monoisotopic (exact) mass is 523 g/mol. The number of nitrogens with one attached hydrogen (secondary N) is 2. The third-order valence-corrected chi connectivity index (χ3v) is 7.96. The average Bonchev–Trinajstić information content (AvgIpc) is 3.29. The van der Waals surface area contributed by atoms with Crippen molar-refractivity contribution in [2.45, 2.75) is 24.0 Å². The van der Waals surface area contributed by atoms with Crippen LogP contribution in [0.1, 0.15) is 32.3 Å². The van der Waals surface area contributed by atoms with Crippen molar-refractivity contribution in [1.29, 1.82) is 0 Å². The van der Waals surface area contributed by atoms with Crippen LogP contribution in [0.25, 0.3) is 10.2 Å². The first kappa shape index (κ1) is 24.7. The van der Waals surface area contributed by atoms with Crippen LogP contribution in [0.4, 0.5) is 10.8 Å². The number of hydrogen-bond acceptors (Lipinski definition) is 5. The van der Waals surface area contributed by atoms with Gasteiger partial charge in [-0.25, -0.2) is 4.98 Å². The highest BCUT2D eigenvalue weighted by atomic mass is 32.2. The average molecular weight is 524 g/mol. The van der Waals surface area contributed by atoms with E-state index in [-0.39, 0.29) is 11.8 Å². The SMILES string of the molecule is Cc1cccc(C(=O)Nc2ccc(SC(C(=O)Nc3nc4ccc(C)cc4s3)c3ccccc3)cc2)c1. The Bertz CT molecular complexity index is 1560. The molecule has 5 nitrogen and oxygen atoms in total. The van der Waals surface area contributed by atoms with Crippen molar-refractivity contribution in [3.05, 3.63) is 119 Å². The molecule has 0 spiro atoms. The van der Waals surface area contributed by atoms with E-state index in [1.54, 1.807) is 6.07 Å². The van der Waals surface area contributed by atoms with Gasteiger partial charge in [-0.15, -0.1) is 11.8 Å². The topological polar surface area (TPSA) is 71.1 Å². The summed E-state index contributed by atoms with van der Waals surface area (Å²) in [6.45, 7) is 4.00. The quantitative estimate of drug-likeness (QED) is 0.215. The van der Waals surface area contributed by atoms with Crippen LogP contribution in [0.15, 0.2) is 102 Å². The first-order chi connectivity index (χ1) is 17.9. The fourth-order valence-electron chi connectivity index (χ4n) is 3.90. The number of carbonyl (C=O) groups excluding carboxylic acids is 2. The summed E-state index contributed by atoms with van der Waals surface area (Å²) in [5.74, 6) is -0.291. The van der Waals surface area contributed by atoms with Gasteiger partial charge in [-0.05, 0) is 73.5 Å². The molecule has 1 unspecified atom stereocenters. The fraction of sp³-hybridized carbons (Fsp3) is 0.100. The summed E-state index contributed by atoms with van der Waals surface area (Å²) in [7, 11) is 0. The number of rotatable bonds is 7. The van der Waals surface area contributed by atoms with Gasteiger partial charge in [0.1, 0.15) is 5.25 Å². The molecule has 4 aromatic carbocycles. The molecule has 0 radical (unpaired) electrons. The lowest BCUT2D eigenvalue weighted by atomic mass is 10.1. The molecule has 2 N–H and O–H groups in total. The molecular weight excluding hydrogens is 498 g/mol. The van der Waals surface area contributed by atoms with Gasteiger partial charge < -0.3 is 10.6 Å². The number of carbonyl (C=O) groups is 2. The predicted octanol–water partition coefficient (Wildman–Crippen LogP) is 7.64. The lowest BCUT2D eigenvalue weighted by Gasteiger charge is -2.16. The Morgan fingerprint density at radius 1 is 0.811 bits per heavy atom. The van der Waals surface area contributed by atoms with Crippen LogP contribution in [0.3, 0.4) is 0 Å². The van der Waals surface area contributed by atoms with Crippen LogP contribution in [-0.4, -0.2) is 16.8 Å². The van der Waals surface area contributed by atoms with Gasteiger partial charge in [0.2, 0.25) is 5.91 Å². The van der Waals surface area contributed by atoms with Gasteiger partial charge in [0, 0.05) is 16.1 Å². The second-order valence-corrected chi connectivity index (χ2v) is 10.9. The Hall–Kier alpha value is -3.94. The summed E-state index contributed by atoms with van der Waals surface area (Å²) in [4.78, 5) is 31.5. The van der Waals surface area contributed by atoms with Crippen LogP contribution in [0, 0.1) is 13.8 Å². The Morgan fingerprint density at radius 2 is 1.57 bits per heavy atom. The Morgan fingerprint density at radius 3 is 2.32 bits per heavy atom. The summed E-state index contributed by atoms with van der Waals surface area (Å²) in [6, 6.07) is 30.8. The smallest absolute Gasteiger partial charge is 0.255 e. The number of nitrogens with zero attached hydrogens (tertiary/aromatic N) is 1. The van der Waals surface area contributed by atoms with E-state index in [2.05, 4.69) is 21.7 Å². The van der Waals surface area contributed by atoms with E-state index in [0.717, 1.165) is 31.8 Å². The van der Waals surface area contributed by atoms with Crippen molar-refractivity contribution in [2.75, 3.05) is 10.6 Å². The Kier molecular flexibility index (Phi) is 7.35. The third kappa shape index (κ3) is 6.07. The molecule has 0 fully saturated rings. The maximum Gasteiger partial charge on any atom is 0.255 e. The minimum Gasteiger partial charge on any atom is -0.322 e. The molecule has 0 aliphatic carbocycles. The molecule has 0 saturated carbocycles. The lowest BCUT2D eigenvalue weighted by molar-refractivity contribution is -0.115. The molecule has 37 heavy (non-hydrogen) atoms. The number of hydrogen-bond donors (Lipinski definition) is 2. The number of aromatic nitrogens is 1. The van der Waals surface area contributed by atoms with E-state index in [1.165, 1.54) is 23.1 Å². The van der Waals surface area contributed by atoms with Crippen molar-refractivity contribution < 1.29 is 9.59 Å². The molecule has 7 heteroatoms. The number of aryl methyl sites for hydroxylation is 2. The normalized spacial score (nSPS) is 11.7. The molecule has 184 valence electrons. The zero-order valence-electron chi connectivity index (χ0n) is 20.4. The summed E-state index contributed by atoms with van der Waals surface area (Å²) in [5, 5.41) is 6.07. The number of benzene rings is 4. The van der Waals surface area contributed by atoms with Gasteiger partial charge in [-0.3, -0.25) is 9.59 Å². The molecule has 2 amide bonds. The Labute approximate surface area is 224 Å². The highest BCUT2D eigenvalue weighted by Crippen LogP contribution is 2.37. The largest absolute Gasteiger partial charge is 0.322 e. The van der Waals surface area contributed by atoms with E-state index >= 15 is 0 Å². The van der Waals surface area contributed by atoms with E-state index in [1.807, 2.05) is 98.8 Å². The van der Waals surface area contributed by atoms with Gasteiger partial charge in [0.05, 0.1) is 10.2 Å². The van der Waals surface area contributed by atoms with Crippen molar-refractivity contribution in [3.63, 3.8) is 0 Å². The predicted molar refractivity (Wildman–Crippen MR) is 154 cm³/mol. The van der Waals surface area contributed by atoms with Crippen molar-refractivity contribution in [1.82, 2.24) is 4.98 Å². The number of anilines is 2. The van der Waals surface area contributed by atoms with Crippen LogP contribution in [0.2, 0.25) is 0 Å². The molecule has 1 atom stereocenters. The second kappa shape index (κ2) is 11.0. The zero-order chi connectivity index (χ0) is 25.8. The summed E-state index contributed by atoms with van der Waals surface area (Å²) in [5.41, 5.74) is 5.28. The van der Waals surface area contributed by atoms with Crippen LogP contribution in [0.5, 0.6) is 0 Å². The minimum absolute atomic E-state index is 0.135. The molecular formula is C30H25N3O2S2. The third-order valence-electron chi connectivity index (χ3n) is 5.76. The highest BCUT2D eigenvalue weighted by molar-refractivity contribution is 8.00. The standard InChI is InChI=1S/C30H25N3O2S2/c1-19-7-6-10-22(17-19)28(34)31-23-12-14-24(15-13-23)36-27(21-8-4-3-5-9-21)29(35)33-30-32-25-16-11-20(2)18-26(25)37-30/h3-18,27H,1-2H3,(H,31,34)(H,32,33,35). The first-order valence-electron chi connectivity index (χ1n) is 11.8. The molecule has 5 aromatic rings. The van der Waals surface area contributed by atoms with E-state index in [4.69, 9.17) is 0 Å². The Balaban J connectivity index is 1.32. The van der Waals surface area contributed by atoms with Gasteiger partial charge >= 0.3 is 0 Å². The maximum absolute atomic E-state index is 13.4.